The van der Waals surface area contributed by atoms with Crippen LogP contribution in [-0.2, 0) is 26.3 Å². The molecule has 1 unspecified atom stereocenters. The summed E-state index contributed by atoms with van der Waals surface area (Å²) in [5.74, 6) is -1.25. The van der Waals surface area contributed by atoms with E-state index in [1.54, 1.807) is 4.90 Å². The third kappa shape index (κ3) is 2.57. The first-order valence-electron chi connectivity index (χ1n) is 7.73. The Kier molecular flexibility index (Phi) is 4.36. The van der Waals surface area contributed by atoms with Gasteiger partial charge < -0.3 is 14.7 Å². The van der Waals surface area contributed by atoms with Crippen LogP contribution in [0.5, 0.6) is 0 Å². The number of aliphatic carboxylic acids is 1. The van der Waals surface area contributed by atoms with E-state index in [0.29, 0.717) is 12.1 Å². The second-order valence-electron chi connectivity index (χ2n) is 5.92. The molecular weight excluding hydrogens is 306 g/mol. The third-order valence-corrected chi connectivity index (χ3v) is 4.46. The number of carbonyl (C=O) groups excluding carboxylic acids is 1. The molecule has 124 valence electrons. The van der Waals surface area contributed by atoms with Crippen molar-refractivity contribution in [1.82, 2.24) is 4.90 Å². The van der Waals surface area contributed by atoms with Crippen LogP contribution in [0, 0.1) is 0 Å². The minimum absolute atomic E-state index is 0.126. The quantitative estimate of drug-likeness (QED) is 0.916. The van der Waals surface area contributed by atoms with E-state index in [1.165, 1.54) is 7.11 Å². The van der Waals surface area contributed by atoms with Gasteiger partial charge in [-0.25, -0.2) is 0 Å². The number of methoxy groups -OCH3 is 1. The van der Waals surface area contributed by atoms with Gasteiger partial charge in [0.25, 0.3) is 0 Å². The number of ether oxygens (including phenoxy) is 1. The maximum atomic E-state index is 13.3. The molecule has 0 aromatic heterocycles. The largest absolute Gasteiger partial charge is 0.481 e. The highest BCUT2D eigenvalue weighted by atomic mass is 16.5. The summed E-state index contributed by atoms with van der Waals surface area (Å²) in [5, 5.41) is 9.55. The minimum atomic E-state index is -1.24. The predicted octanol–water partition coefficient (Wildman–Crippen LogP) is 2.39. The van der Waals surface area contributed by atoms with E-state index in [9.17, 15) is 14.7 Å². The van der Waals surface area contributed by atoms with Gasteiger partial charge in [0.1, 0.15) is 12.1 Å². The molecule has 1 aliphatic rings. The van der Waals surface area contributed by atoms with Crippen molar-refractivity contribution in [2.75, 3.05) is 13.8 Å². The van der Waals surface area contributed by atoms with Gasteiger partial charge in [-0.3, -0.25) is 9.59 Å². The standard InChI is InChI=1S/C19H19NO4/c1-24-13-20-12-14-7-5-6-10-16(14)19(18(20)23,11-17(21)22)15-8-3-2-4-9-15/h2-10H,11-13H2,1H3,(H,21,22). The van der Waals surface area contributed by atoms with Crippen LogP contribution in [0.2, 0.25) is 0 Å². The van der Waals surface area contributed by atoms with E-state index in [0.717, 1.165) is 11.1 Å². The van der Waals surface area contributed by atoms with Crippen molar-refractivity contribution in [1.29, 1.82) is 0 Å². The molecule has 1 atom stereocenters. The molecule has 2 aromatic rings. The molecular formula is C19H19NO4. The lowest BCUT2D eigenvalue weighted by atomic mass is 9.67. The zero-order valence-electron chi connectivity index (χ0n) is 13.4. The molecule has 24 heavy (non-hydrogen) atoms. The van der Waals surface area contributed by atoms with Crippen molar-refractivity contribution in [2.24, 2.45) is 0 Å². The summed E-state index contributed by atoms with van der Waals surface area (Å²) in [6, 6.07) is 16.7. The molecule has 0 radical (unpaired) electrons. The number of hydrogen-bond donors (Lipinski definition) is 1. The summed E-state index contributed by atoms with van der Waals surface area (Å²) in [7, 11) is 1.52. The Morgan fingerprint density at radius 1 is 1.17 bits per heavy atom. The SMILES string of the molecule is COCN1Cc2ccccc2C(CC(=O)O)(c2ccccc2)C1=O. The Hall–Kier alpha value is -2.66. The third-order valence-electron chi connectivity index (χ3n) is 4.46. The molecule has 5 heteroatoms. The molecule has 5 nitrogen and oxygen atoms in total. The van der Waals surface area contributed by atoms with Crippen molar-refractivity contribution >= 4 is 11.9 Å². The molecule has 3 rings (SSSR count). The number of nitrogens with zero attached hydrogens (tertiary/aromatic N) is 1. The van der Waals surface area contributed by atoms with E-state index < -0.39 is 11.4 Å². The summed E-state index contributed by atoms with van der Waals surface area (Å²) in [4.78, 5) is 26.6. The average molecular weight is 325 g/mol. The smallest absolute Gasteiger partial charge is 0.305 e. The lowest BCUT2D eigenvalue weighted by molar-refractivity contribution is -0.149. The van der Waals surface area contributed by atoms with E-state index >= 15 is 0 Å². The zero-order chi connectivity index (χ0) is 17.2. The van der Waals surface area contributed by atoms with Gasteiger partial charge in [-0.2, -0.15) is 0 Å². The highest BCUT2D eigenvalue weighted by Gasteiger charge is 2.50. The molecule has 1 aliphatic heterocycles. The monoisotopic (exact) mass is 325 g/mol. The van der Waals surface area contributed by atoms with E-state index in [4.69, 9.17) is 4.74 Å². The number of hydrogen-bond acceptors (Lipinski definition) is 3. The Labute approximate surface area is 140 Å². The molecule has 0 spiro atoms. The van der Waals surface area contributed by atoms with Crippen LogP contribution in [0.1, 0.15) is 23.1 Å². The Morgan fingerprint density at radius 2 is 1.83 bits per heavy atom. The average Bonchev–Trinajstić information content (AvgIpc) is 2.59. The molecule has 0 saturated carbocycles. The maximum Gasteiger partial charge on any atom is 0.305 e. The number of carbonyl (C=O) groups is 2. The topological polar surface area (TPSA) is 66.8 Å². The first kappa shape index (κ1) is 16.2. The highest BCUT2D eigenvalue weighted by molar-refractivity contribution is 5.97. The fourth-order valence-corrected chi connectivity index (χ4v) is 3.50. The Bertz CT molecular complexity index is 759. The van der Waals surface area contributed by atoms with E-state index in [1.807, 2.05) is 54.6 Å². The lowest BCUT2D eigenvalue weighted by Gasteiger charge is -2.42. The number of benzene rings is 2. The lowest BCUT2D eigenvalue weighted by Crippen LogP contribution is -2.53. The van der Waals surface area contributed by atoms with Crippen LogP contribution in [-0.4, -0.2) is 35.7 Å². The molecule has 1 amide bonds. The summed E-state index contributed by atoms with van der Waals surface area (Å²) in [5.41, 5.74) is 1.15. The summed E-state index contributed by atoms with van der Waals surface area (Å²) in [6.45, 7) is 0.540. The maximum absolute atomic E-state index is 13.3. The second-order valence-corrected chi connectivity index (χ2v) is 5.92. The second kappa shape index (κ2) is 6.45. The van der Waals surface area contributed by atoms with Crippen LogP contribution < -0.4 is 0 Å². The molecule has 0 saturated heterocycles. The number of amides is 1. The van der Waals surface area contributed by atoms with Gasteiger partial charge in [0.2, 0.25) is 5.91 Å². The Morgan fingerprint density at radius 3 is 2.50 bits per heavy atom. The van der Waals surface area contributed by atoms with Crippen molar-refractivity contribution in [2.45, 2.75) is 18.4 Å². The first-order chi connectivity index (χ1) is 11.6. The summed E-state index contributed by atoms with van der Waals surface area (Å²) < 4.78 is 5.16. The zero-order valence-corrected chi connectivity index (χ0v) is 13.4. The summed E-state index contributed by atoms with van der Waals surface area (Å²) >= 11 is 0. The van der Waals surface area contributed by atoms with E-state index in [2.05, 4.69) is 0 Å². The fraction of sp³-hybridized carbons (Fsp3) is 0.263. The van der Waals surface area contributed by atoms with Crippen molar-refractivity contribution in [3.05, 3.63) is 71.3 Å². The number of carboxylic acid groups (broad SMARTS) is 1. The molecule has 2 aromatic carbocycles. The number of carboxylic acids is 1. The first-order valence-corrected chi connectivity index (χ1v) is 7.73. The van der Waals surface area contributed by atoms with Gasteiger partial charge in [0.05, 0.1) is 6.42 Å². The predicted molar refractivity (Wildman–Crippen MR) is 88.3 cm³/mol. The molecule has 1 N–H and O–H groups in total. The van der Waals surface area contributed by atoms with Crippen molar-refractivity contribution in [3.8, 4) is 0 Å². The van der Waals surface area contributed by atoms with Gasteiger partial charge in [-0.15, -0.1) is 0 Å². The molecule has 1 heterocycles. The van der Waals surface area contributed by atoms with Crippen LogP contribution in [0.3, 0.4) is 0 Å². The van der Waals surface area contributed by atoms with Gasteiger partial charge in [-0.1, -0.05) is 54.6 Å². The molecule has 0 bridgehead atoms. The molecule has 0 aliphatic carbocycles. The van der Waals surface area contributed by atoms with Gasteiger partial charge in [0, 0.05) is 13.7 Å². The Balaban J connectivity index is 2.27. The molecule has 0 fully saturated rings. The number of rotatable bonds is 5. The van der Waals surface area contributed by atoms with Gasteiger partial charge in [-0.05, 0) is 16.7 Å². The minimum Gasteiger partial charge on any atom is -0.481 e. The van der Waals surface area contributed by atoms with Crippen molar-refractivity contribution in [3.63, 3.8) is 0 Å². The van der Waals surface area contributed by atoms with Crippen LogP contribution in [0.4, 0.5) is 0 Å². The number of fused-ring (bicyclic) bond motifs is 1. The van der Waals surface area contributed by atoms with Crippen LogP contribution in [0.25, 0.3) is 0 Å². The van der Waals surface area contributed by atoms with E-state index in [-0.39, 0.29) is 19.1 Å². The van der Waals surface area contributed by atoms with Crippen LogP contribution in [0.15, 0.2) is 54.6 Å². The van der Waals surface area contributed by atoms with Crippen LogP contribution >= 0.6 is 0 Å². The van der Waals surface area contributed by atoms with Gasteiger partial charge in [0.15, 0.2) is 0 Å². The highest BCUT2D eigenvalue weighted by Crippen LogP contribution is 2.43. The summed E-state index contributed by atoms with van der Waals surface area (Å²) in [6.07, 6.45) is -0.299. The normalized spacial score (nSPS) is 19.9. The fourth-order valence-electron chi connectivity index (χ4n) is 3.50. The van der Waals surface area contributed by atoms with Crippen molar-refractivity contribution < 1.29 is 19.4 Å². The van der Waals surface area contributed by atoms with Gasteiger partial charge >= 0.3 is 5.97 Å².